The molecule has 160 valence electrons. The molecular weight excluding hydrogens is 406 g/mol. The van der Waals surface area contributed by atoms with Crippen LogP contribution >= 0.6 is 0 Å². The number of allylic oxidation sites excluding steroid dienone is 1. The van der Waals surface area contributed by atoms with Crippen LogP contribution in [0.2, 0.25) is 0 Å². The number of benzene rings is 2. The third kappa shape index (κ3) is 2.96. The number of hydrogen-bond acceptors (Lipinski definition) is 4. The molecule has 8 heteroatoms. The van der Waals surface area contributed by atoms with E-state index in [2.05, 4.69) is 4.98 Å². The smallest absolute Gasteiger partial charge is 0.332 e. The van der Waals surface area contributed by atoms with Crippen LogP contribution in [-0.2, 0) is 13.6 Å². The summed E-state index contributed by atoms with van der Waals surface area (Å²) in [7, 11) is 1.60. The van der Waals surface area contributed by atoms with Crippen molar-refractivity contribution in [3.8, 4) is 11.4 Å². The van der Waals surface area contributed by atoms with E-state index in [0.29, 0.717) is 22.6 Å². The van der Waals surface area contributed by atoms with E-state index in [1.165, 1.54) is 9.13 Å². The van der Waals surface area contributed by atoms with Crippen molar-refractivity contribution in [1.82, 2.24) is 23.1 Å². The molecule has 0 aliphatic heterocycles. The number of para-hydroxylation sites is 2. The van der Waals surface area contributed by atoms with Crippen LogP contribution in [0.1, 0.15) is 11.3 Å². The Morgan fingerprint density at radius 2 is 1.75 bits per heavy atom. The van der Waals surface area contributed by atoms with E-state index in [4.69, 9.17) is 0 Å². The van der Waals surface area contributed by atoms with E-state index in [-0.39, 0.29) is 12.3 Å². The Morgan fingerprint density at radius 3 is 2.50 bits per heavy atom. The minimum atomic E-state index is -0.438. The van der Waals surface area contributed by atoms with Gasteiger partial charge < -0.3 is 5.11 Å². The number of nitrogens with zero attached hydrogens (tertiary/aromatic N) is 5. The van der Waals surface area contributed by atoms with Crippen LogP contribution in [0.5, 0.6) is 5.75 Å². The number of fused-ring (bicyclic) bond motifs is 3. The van der Waals surface area contributed by atoms with E-state index >= 15 is 0 Å². The number of aromatic hydroxyl groups is 1. The molecule has 0 aliphatic carbocycles. The summed E-state index contributed by atoms with van der Waals surface area (Å²) in [6, 6.07) is 16.6. The van der Waals surface area contributed by atoms with E-state index in [9.17, 15) is 14.7 Å². The van der Waals surface area contributed by atoms with Crippen molar-refractivity contribution in [2.45, 2.75) is 13.5 Å². The Balaban J connectivity index is 1.71. The van der Waals surface area contributed by atoms with Gasteiger partial charge in [-0.05, 0) is 24.6 Å². The maximum absolute atomic E-state index is 13.3. The highest BCUT2D eigenvalue weighted by atomic mass is 16.3. The zero-order valence-corrected chi connectivity index (χ0v) is 17.6. The molecule has 1 N–H and O–H groups in total. The molecule has 3 aromatic heterocycles. The molecule has 0 radical (unpaired) electrons. The lowest BCUT2D eigenvalue weighted by molar-refractivity contribution is 0.472. The van der Waals surface area contributed by atoms with E-state index < -0.39 is 11.2 Å². The maximum Gasteiger partial charge on any atom is 0.332 e. The number of hydrogen-bond donors (Lipinski definition) is 1. The highest BCUT2D eigenvalue weighted by Crippen LogP contribution is 2.26. The minimum absolute atomic E-state index is 0.0955. The highest BCUT2D eigenvalue weighted by molar-refractivity contribution is 5.76. The topological polar surface area (TPSA) is 86.5 Å². The average molecular weight is 427 g/mol. The SMILES string of the molecule is Cc1cn2c3c(=O)n(C/C=C/c4ccccc4)c(=O)n(C)c3nc2n1-c1ccccc1O. The summed E-state index contributed by atoms with van der Waals surface area (Å²) in [6.07, 6.45) is 5.45. The fourth-order valence-corrected chi connectivity index (χ4v) is 3.98. The summed E-state index contributed by atoms with van der Waals surface area (Å²) in [4.78, 5) is 30.8. The Kier molecular flexibility index (Phi) is 4.55. The molecule has 8 nitrogen and oxygen atoms in total. The van der Waals surface area contributed by atoms with Gasteiger partial charge in [0, 0.05) is 25.5 Å². The van der Waals surface area contributed by atoms with Crippen LogP contribution in [0, 0.1) is 6.92 Å². The summed E-state index contributed by atoms with van der Waals surface area (Å²) >= 11 is 0. The van der Waals surface area contributed by atoms with Gasteiger partial charge in [0.05, 0.1) is 5.69 Å². The third-order valence-corrected chi connectivity index (χ3v) is 5.55. The lowest BCUT2D eigenvalue weighted by atomic mass is 10.2. The second-order valence-electron chi connectivity index (χ2n) is 7.62. The molecule has 0 saturated carbocycles. The Morgan fingerprint density at radius 1 is 1.03 bits per heavy atom. The molecule has 32 heavy (non-hydrogen) atoms. The predicted octanol–water partition coefficient (Wildman–Crippen LogP) is 2.87. The van der Waals surface area contributed by atoms with Crippen molar-refractivity contribution in [2.75, 3.05) is 0 Å². The van der Waals surface area contributed by atoms with Crippen molar-refractivity contribution in [3.05, 3.63) is 99.0 Å². The minimum Gasteiger partial charge on any atom is -0.506 e. The van der Waals surface area contributed by atoms with E-state index in [0.717, 1.165) is 11.3 Å². The van der Waals surface area contributed by atoms with Crippen LogP contribution in [0.3, 0.4) is 0 Å². The maximum atomic E-state index is 13.3. The standard InChI is InChI=1S/C24H21N5O3/c1-16-15-28-20-21(25-23(28)29(16)18-12-6-7-13-19(18)30)26(2)24(32)27(22(20)31)14-8-11-17-9-4-3-5-10-17/h3-13,15,30H,14H2,1-2H3/b11-8+. The average Bonchev–Trinajstić information content (AvgIpc) is 3.30. The molecule has 0 amide bonds. The van der Waals surface area contributed by atoms with Gasteiger partial charge in [0.25, 0.3) is 5.56 Å². The first-order valence-corrected chi connectivity index (χ1v) is 10.2. The monoisotopic (exact) mass is 427 g/mol. The van der Waals surface area contributed by atoms with Gasteiger partial charge in [0.15, 0.2) is 11.2 Å². The van der Waals surface area contributed by atoms with E-state index in [1.807, 2.05) is 49.4 Å². The first-order chi connectivity index (χ1) is 15.5. The van der Waals surface area contributed by atoms with Gasteiger partial charge in [-0.2, -0.15) is 4.98 Å². The molecule has 5 aromatic rings. The van der Waals surface area contributed by atoms with Gasteiger partial charge >= 0.3 is 5.69 Å². The lowest BCUT2D eigenvalue weighted by Crippen LogP contribution is -2.39. The predicted molar refractivity (Wildman–Crippen MR) is 123 cm³/mol. The quantitative estimate of drug-likeness (QED) is 0.478. The van der Waals surface area contributed by atoms with Gasteiger partial charge in [-0.15, -0.1) is 0 Å². The molecule has 0 unspecified atom stereocenters. The number of imidazole rings is 2. The summed E-state index contributed by atoms with van der Waals surface area (Å²) in [5.41, 5.74) is 2.08. The van der Waals surface area contributed by atoms with Crippen LogP contribution in [0.15, 0.2) is 76.5 Å². The Labute approximate surface area is 182 Å². The van der Waals surface area contributed by atoms with Crippen LogP contribution in [0.4, 0.5) is 0 Å². The molecule has 2 aromatic carbocycles. The molecule has 5 rings (SSSR count). The summed E-state index contributed by atoms with van der Waals surface area (Å²) in [6.45, 7) is 2.01. The zero-order valence-electron chi connectivity index (χ0n) is 17.6. The zero-order chi connectivity index (χ0) is 22.4. The highest BCUT2D eigenvalue weighted by Gasteiger charge is 2.21. The van der Waals surface area contributed by atoms with Crippen molar-refractivity contribution in [2.24, 2.45) is 7.05 Å². The lowest BCUT2D eigenvalue weighted by Gasteiger charge is -2.07. The van der Waals surface area contributed by atoms with Gasteiger partial charge in [-0.3, -0.25) is 22.9 Å². The number of aromatic nitrogens is 5. The molecule has 0 fully saturated rings. The summed E-state index contributed by atoms with van der Waals surface area (Å²) in [5, 5.41) is 10.3. The molecule has 0 bridgehead atoms. The first-order valence-electron chi connectivity index (χ1n) is 10.2. The normalized spacial score (nSPS) is 11.8. The second-order valence-corrected chi connectivity index (χ2v) is 7.62. The molecule has 0 atom stereocenters. The molecular formula is C24H21N5O3. The van der Waals surface area contributed by atoms with Crippen LogP contribution in [0.25, 0.3) is 28.7 Å². The fourth-order valence-electron chi connectivity index (χ4n) is 3.98. The number of phenols is 1. The first kappa shape index (κ1) is 19.6. The Bertz CT molecular complexity index is 1620. The van der Waals surface area contributed by atoms with Gasteiger partial charge in [0.1, 0.15) is 5.75 Å². The Hall–Kier alpha value is -4.33. The van der Waals surface area contributed by atoms with Crippen molar-refractivity contribution >= 4 is 23.0 Å². The summed E-state index contributed by atoms with van der Waals surface area (Å²) in [5.74, 6) is 0.543. The number of phenolic OH excluding ortho intramolecular Hbond substituents is 1. The van der Waals surface area contributed by atoms with Gasteiger partial charge in [0.2, 0.25) is 5.78 Å². The molecule has 0 saturated heterocycles. The van der Waals surface area contributed by atoms with Gasteiger partial charge in [-0.25, -0.2) is 4.79 Å². The third-order valence-electron chi connectivity index (χ3n) is 5.55. The van der Waals surface area contributed by atoms with Crippen molar-refractivity contribution in [3.63, 3.8) is 0 Å². The van der Waals surface area contributed by atoms with Gasteiger partial charge in [-0.1, -0.05) is 54.6 Å². The fraction of sp³-hybridized carbons (Fsp3) is 0.125. The van der Waals surface area contributed by atoms with Crippen LogP contribution < -0.4 is 11.2 Å². The molecule has 0 aliphatic rings. The molecule has 0 spiro atoms. The van der Waals surface area contributed by atoms with E-state index in [1.54, 1.807) is 46.5 Å². The molecule has 3 heterocycles. The number of rotatable bonds is 4. The largest absolute Gasteiger partial charge is 0.506 e. The number of aryl methyl sites for hydroxylation is 2. The van der Waals surface area contributed by atoms with Crippen molar-refractivity contribution < 1.29 is 5.11 Å². The van der Waals surface area contributed by atoms with Crippen molar-refractivity contribution in [1.29, 1.82) is 0 Å². The van der Waals surface area contributed by atoms with Crippen LogP contribution in [-0.4, -0.2) is 28.2 Å². The summed E-state index contributed by atoms with van der Waals surface area (Å²) < 4.78 is 6.02. The second kappa shape index (κ2) is 7.42.